The normalized spacial score (nSPS) is 12.1. The molecule has 3 nitrogen and oxygen atoms in total. The van der Waals surface area contributed by atoms with Gasteiger partial charge in [0.2, 0.25) is 6.41 Å². The summed E-state index contributed by atoms with van der Waals surface area (Å²) in [5.41, 5.74) is 8.40. The van der Waals surface area contributed by atoms with E-state index in [1.54, 1.807) is 0 Å². The molecule has 1 aromatic carbocycles. The predicted molar refractivity (Wildman–Crippen MR) is 72.8 cm³/mol. The smallest absolute Gasteiger partial charge is 0.211 e. The summed E-state index contributed by atoms with van der Waals surface area (Å²) in [6.45, 7) is 2.88. The average Bonchev–Trinajstić information content (AvgIpc) is 2.40. The summed E-state index contributed by atoms with van der Waals surface area (Å²) in [5, 5.41) is 2.70. The molecule has 17 heavy (non-hydrogen) atoms. The molecule has 0 spiro atoms. The molecule has 92 valence electrons. The summed E-state index contributed by atoms with van der Waals surface area (Å²) in [7, 11) is 0. The highest BCUT2D eigenvalue weighted by Gasteiger charge is 2.07. The van der Waals surface area contributed by atoms with Gasteiger partial charge >= 0.3 is 0 Å². The van der Waals surface area contributed by atoms with E-state index in [2.05, 4.69) is 30.5 Å². The molecule has 0 bridgehead atoms. The zero-order chi connectivity index (χ0) is 12.5. The maximum atomic E-state index is 10.3. The fourth-order valence-electron chi connectivity index (χ4n) is 1.66. The van der Waals surface area contributed by atoms with E-state index in [1.807, 2.05) is 12.1 Å². The molecule has 0 radical (unpaired) electrons. The van der Waals surface area contributed by atoms with E-state index in [0.717, 1.165) is 43.5 Å². The van der Waals surface area contributed by atoms with E-state index < -0.39 is 0 Å². The van der Waals surface area contributed by atoms with Crippen molar-refractivity contribution < 1.29 is 4.79 Å². The lowest BCUT2D eigenvalue weighted by molar-refractivity contribution is -0.105. The van der Waals surface area contributed by atoms with E-state index in [1.165, 1.54) is 5.56 Å². The van der Waals surface area contributed by atoms with Crippen LogP contribution in [0, 0.1) is 0 Å². The second-order valence-electron chi connectivity index (χ2n) is 3.87. The molecule has 2 rings (SSSR count). The highest BCUT2D eigenvalue weighted by Crippen LogP contribution is 2.25. The van der Waals surface area contributed by atoms with Gasteiger partial charge in [0.1, 0.15) is 0 Å². The number of amides is 1. The van der Waals surface area contributed by atoms with Crippen molar-refractivity contribution in [3.05, 3.63) is 35.4 Å². The second-order valence-corrected chi connectivity index (χ2v) is 3.87. The van der Waals surface area contributed by atoms with Crippen molar-refractivity contribution in [1.29, 1.82) is 0 Å². The third kappa shape index (κ3) is 4.04. The molecule has 0 heterocycles. The Bertz CT molecular complexity index is 384. The summed E-state index contributed by atoms with van der Waals surface area (Å²) < 4.78 is 0. The molecular formula is C14H20N2O. The first-order valence-electron chi connectivity index (χ1n) is 6.02. The van der Waals surface area contributed by atoms with Crippen LogP contribution in [-0.2, 0) is 11.2 Å². The Kier molecular flexibility index (Phi) is 6.04. The number of benzene rings is 1. The Hall–Kier alpha value is -1.61. The molecule has 0 saturated carbocycles. The van der Waals surface area contributed by atoms with Crippen molar-refractivity contribution in [2.45, 2.75) is 26.2 Å². The van der Waals surface area contributed by atoms with Crippen LogP contribution in [0.4, 0.5) is 5.69 Å². The lowest BCUT2D eigenvalue weighted by Gasteiger charge is -2.13. The summed E-state index contributed by atoms with van der Waals surface area (Å²) in [6, 6.07) is 6.00. The number of aryl methyl sites for hydroxylation is 1. The van der Waals surface area contributed by atoms with E-state index >= 15 is 0 Å². The molecule has 1 amide bonds. The largest absolute Gasteiger partial charge is 0.330 e. The van der Waals surface area contributed by atoms with Crippen LogP contribution in [0.3, 0.4) is 0 Å². The highest BCUT2D eigenvalue weighted by molar-refractivity contribution is 5.80. The molecule has 0 unspecified atom stereocenters. The maximum absolute atomic E-state index is 10.3. The lowest BCUT2D eigenvalue weighted by atomic mass is 9.96. The van der Waals surface area contributed by atoms with Gasteiger partial charge in [0, 0.05) is 11.3 Å². The molecule has 0 fully saturated rings. The summed E-state index contributed by atoms with van der Waals surface area (Å²) in [5.74, 6) is 0. The van der Waals surface area contributed by atoms with Gasteiger partial charge in [0.15, 0.2) is 0 Å². The van der Waals surface area contributed by atoms with Gasteiger partial charge < -0.3 is 11.1 Å². The van der Waals surface area contributed by atoms with E-state index in [0.29, 0.717) is 0 Å². The minimum atomic E-state index is 0.720. The third-order valence-electron chi connectivity index (χ3n) is 2.56. The summed E-state index contributed by atoms with van der Waals surface area (Å²) in [4.78, 5) is 10.3. The Morgan fingerprint density at radius 3 is 2.88 bits per heavy atom. The van der Waals surface area contributed by atoms with Crippen LogP contribution in [0.15, 0.2) is 24.3 Å². The number of rotatable bonds is 3. The molecule has 3 heteroatoms. The number of carbonyl (C=O) groups is 1. The number of allylic oxidation sites excluding steroid dienone is 1. The van der Waals surface area contributed by atoms with Crippen LogP contribution >= 0.6 is 0 Å². The number of nitrogens with one attached hydrogen (secondary N) is 1. The van der Waals surface area contributed by atoms with Crippen molar-refractivity contribution in [3.63, 3.8) is 0 Å². The number of carbonyl (C=O) groups excluding carboxylic acids is 1. The number of nitrogens with two attached hydrogens (primary N) is 1. The number of anilines is 1. The first kappa shape index (κ1) is 13.5. The van der Waals surface area contributed by atoms with Gasteiger partial charge in [0.05, 0.1) is 0 Å². The van der Waals surface area contributed by atoms with Crippen LogP contribution in [0.1, 0.15) is 30.9 Å². The Balaban J connectivity index is 0.000000317. The van der Waals surface area contributed by atoms with Crippen LogP contribution in [0.2, 0.25) is 0 Å². The maximum Gasteiger partial charge on any atom is 0.211 e. The van der Waals surface area contributed by atoms with Crippen LogP contribution in [-0.4, -0.2) is 13.0 Å². The van der Waals surface area contributed by atoms with Gasteiger partial charge in [0.25, 0.3) is 0 Å². The minimum Gasteiger partial charge on any atom is -0.330 e. The number of hydrogen-bond donors (Lipinski definition) is 2. The van der Waals surface area contributed by atoms with Crippen molar-refractivity contribution in [2.75, 3.05) is 11.9 Å². The van der Waals surface area contributed by atoms with Crippen LogP contribution in [0.5, 0.6) is 0 Å². The number of hydrogen-bond acceptors (Lipinski definition) is 2. The molecular weight excluding hydrogens is 212 g/mol. The first-order valence-corrected chi connectivity index (χ1v) is 6.02. The standard InChI is InChI=1S/C11H11NO.C3H9N/c13-8-12-11-7-3-5-9-4-1-2-6-10(9)11;1-2-3-4/h2-3,5-8H,1,4H2,(H,12,13);2-4H2,1H3. The second kappa shape index (κ2) is 7.63. The van der Waals surface area contributed by atoms with Crippen molar-refractivity contribution >= 4 is 18.2 Å². The minimum absolute atomic E-state index is 0.720. The highest BCUT2D eigenvalue weighted by atomic mass is 16.1. The van der Waals surface area contributed by atoms with Gasteiger partial charge in [-0.3, -0.25) is 4.79 Å². The quantitative estimate of drug-likeness (QED) is 0.787. The van der Waals surface area contributed by atoms with Crippen molar-refractivity contribution in [2.24, 2.45) is 5.73 Å². The van der Waals surface area contributed by atoms with Crippen LogP contribution < -0.4 is 11.1 Å². The molecule has 1 aliphatic carbocycles. The lowest BCUT2D eigenvalue weighted by Crippen LogP contribution is -2.01. The summed E-state index contributed by atoms with van der Waals surface area (Å²) >= 11 is 0. The zero-order valence-electron chi connectivity index (χ0n) is 10.3. The van der Waals surface area contributed by atoms with E-state index in [4.69, 9.17) is 5.73 Å². The monoisotopic (exact) mass is 232 g/mol. The Labute approximate surface area is 103 Å². The fraction of sp³-hybridized carbons (Fsp3) is 0.357. The molecule has 1 aliphatic rings. The molecule has 3 N–H and O–H groups in total. The van der Waals surface area contributed by atoms with Gasteiger partial charge in [-0.05, 0) is 37.4 Å². The molecule has 0 saturated heterocycles. The SMILES string of the molecule is CCCN.O=CNc1cccc2c1C=CCC2. The van der Waals surface area contributed by atoms with Gasteiger partial charge in [-0.25, -0.2) is 0 Å². The fourth-order valence-corrected chi connectivity index (χ4v) is 1.66. The van der Waals surface area contributed by atoms with Gasteiger partial charge in [-0.1, -0.05) is 31.2 Å². The van der Waals surface area contributed by atoms with E-state index in [-0.39, 0.29) is 0 Å². The molecule has 0 aromatic heterocycles. The Morgan fingerprint density at radius 2 is 2.24 bits per heavy atom. The van der Waals surface area contributed by atoms with Crippen LogP contribution in [0.25, 0.3) is 6.08 Å². The van der Waals surface area contributed by atoms with Gasteiger partial charge in [-0.2, -0.15) is 0 Å². The average molecular weight is 232 g/mol. The van der Waals surface area contributed by atoms with Gasteiger partial charge in [-0.15, -0.1) is 0 Å². The summed E-state index contributed by atoms with van der Waals surface area (Å²) in [6.07, 6.45) is 8.19. The molecule has 0 aliphatic heterocycles. The van der Waals surface area contributed by atoms with E-state index in [9.17, 15) is 4.79 Å². The van der Waals surface area contributed by atoms with Crippen molar-refractivity contribution in [1.82, 2.24) is 0 Å². The molecule has 1 aromatic rings. The zero-order valence-corrected chi connectivity index (χ0v) is 10.3. The third-order valence-corrected chi connectivity index (χ3v) is 2.56. The predicted octanol–water partition coefficient (Wildman–Crippen LogP) is 2.57. The van der Waals surface area contributed by atoms with Crippen molar-refractivity contribution in [3.8, 4) is 0 Å². The number of fused-ring (bicyclic) bond motifs is 1. The first-order chi connectivity index (χ1) is 8.33. The topological polar surface area (TPSA) is 55.1 Å². The Morgan fingerprint density at radius 1 is 1.47 bits per heavy atom. The molecule has 0 atom stereocenters.